The van der Waals surface area contributed by atoms with Gasteiger partial charge in [-0.25, -0.2) is 13.1 Å². The van der Waals surface area contributed by atoms with Crippen LogP contribution in [0.25, 0.3) is 0 Å². The van der Waals surface area contributed by atoms with Gasteiger partial charge in [0.1, 0.15) is 5.75 Å². The second-order valence-corrected chi connectivity index (χ2v) is 8.58. The van der Waals surface area contributed by atoms with Crippen LogP contribution in [0.3, 0.4) is 0 Å². The normalized spacial score (nSPS) is 13.0. The van der Waals surface area contributed by atoms with Gasteiger partial charge in [-0.3, -0.25) is 0 Å². The number of ether oxygens (including phenoxy) is 1. The van der Waals surface area contributed by atoms with Crippen LogP contribution in [-0.2, 0) is 15.8 Å². The van der Waals surface area contributed by atoms with Crippen LogP contribution >= 0.6 is 11.6 Å². The molecule has 0 aromatic heterocycles. The molecule has 0 heterocycles. The Labute approximate surface area is 155 Å². The van der Waals surface area contributed by atoms with Crippen molar-refractivity contribution in [3.8, 4) is 5.75 Å². The molecular weight excluding hydrogens is 358 g/mol. The van der Waals surface area contributed by atoms with Gasteiger partial charge in [0.2, 0.25) is 10.0 Å². The van der Waals surface area contributed by atoms with Gasteiger partial charge in [-0.1, -0.05) is 55.8 Å². The fourth-order valence-electron chi connectivity index (χ4n) is 2.64. The number of halogens is 1. The lowest BCUT2D eigenvalue weighted by Crippen LogP contribution is -2.30. The van der Waals surface area contributed by atoms with Crippen molar-refractivity contribution in [1.29, 1.82) is 0 Å². The summed E-state index contributed by atoms with van der Waals surface area (Å²) in [5.74, 6) is 0.943. The Morgan fingerprint density at radius 1 is 1.08 bits per heavy atom. The molecule has 1 atom stereocenters. The summed E-state index contributed by atoms with van der Waals surface area (Å²) in [6.07, 6.45) is 0.702. The first-order valence-electron chi connectivity index (χ1n) is 8.18. The molecule has 0 bridgehead atoms. The summed E-state index contributed by atoms with van der Waals surface area (Å²) in [4.78, 5) is 0. The van der Waals surface area contributed by atoms with Crippen LogP contribution < -0.4 is 9.46 Å². The number of rotatable bonds is 8. The van der Waals surface area contributed by atoms with Crippen molar-refractivity contribution in [1.82, 2.24) is 4.72 Å². The van der Waals surface area contributed by atoms with Gasteiger partial charge < -0.3 is 4.74 Å². The van der Waals surface area contributed by atoms with E-state index in [1.54, 1.807) is 31.4 Å². The first-order chi connectivity index (χ1) is 11.8. The molecule has 4 nitrogen and oxygen atoms in total. The average Bonchev–Trinajstić information content (AvgIpc) is 2.55. The highest BCUT2D eigenvalue weighted by atomic mass is 35.5. The number of methoxy groups -OCH3 is 1. The van der Waals surface area contributed by atoms with Crippen molar-refractivity contribution in [2.24, 2.45) is 5.92 Å². The highest BCUT2D eigenvalue weighted by Gasteiger charge is 2.22. The van der Waals surface area contributed by atoms with Crippen molar-refractivity contribution in [3.05, 3.63) is 64.7 Å². The molecule has 0 unspecified atom stereocenters. The van der Waals surface area contributed by atoms with Crippen molar-refractivity contribution in [2.45, 2.75) is 32.1 Å². The van der Waals surface area contributed by atoms with Gasteiger partial charge in [0, 0.05) is 11.1 Å². The monoisotopic (exact) mass is 381 g/mol. The molecular formula is C19H24ClNO3S. The highest BCUT2D eigenvalue weighted by Crippen LogP contribution is 2.25. The first kappa shape index (κ1) is 19.8. The molecule has 1 N–H and O–H groups in total. The third kappa shape index (κ3) is 6.03. The maximum atomic E-state index is 12.6. The summed E-state index contributed by atoms with van der Waals surface area (Å²) in [6, 6.07) is 14.2. The smallest absolute Gasteiger partial charge is 0.216 e. The van der Waals surface area contributed by atoms with Gasteiger partial charge in [-0.05, 0) is 41.7 Å². The number of sulfonamides is 1. The predicted molar refractivity (Wildman–Crippen MR) is 102 cm³/mol. The summed E-state index contributed by atoms with van der Waals surface area (Å²) < 4.78 is 33.3. The Hall–Kier alpha value is -1.56. The third-order valence-corrected chi connectivity index (χ3v) is 5.55. The SMILES string of the molecule is COc1ccc([C@H](CC(C)C)NS(=O)(=O)Cc2ccccc2Cl)cc1. The fourth-order valence-corrected chi connectivity index (χ4v) is 4.33. The van der Waals surface area contributed by atoms with Crippen LogP contribution in [0, 0.1) is 5.92 Å². The first-order valence-corrected chi connectivity index (χ1v) is 10.2. The van der Waals surface area contributed by atoms with E-state index in [4.69, 9.17) is 16.3 Å². The van der Waals surface area contributed by atoms with Crippen LogP contribution in [0.15, 0.2) is 48.5 Å². The van der Waals surface area contributed by atoms with Crippen LogP contribution in [0.1, 0.15) is 37.4 Å². The van der Waals surface area contributed by atoms with E-state index in [0.717, 1.165) is 11.3 Å². The Balaban J connectivity index is 2.21. The molecule has 0 spiro atoms. The molecule has 136 valence electrons. The molecule has 25 heavy (non-hydrogen) atoms. The average molecular weight is 382 g/mol. The van der Waals surface area contributed by atoms with Gasteiger partial charge in [0.15, 0.2) is 0 Å². The second kappa shape index (κ2) is 8.70. The number of nitrogens with one attached hydrogen (secondary N) is 1. The molecule has 6 heteroatoms. The third-order valence-electron chi connectivity index (χ3n) is 3.85. The molecule has 2 aromatic carbocycles. The molecule has 0 fully saturated rings. The van der Waals surface area contributed by atoms with E-state index in [1.807, 2.05) is 24.3 Å². The fraction of sp³-hybridized carbons (Fsp3) is 0.368. The molecule has 2 aromatic rings. The van der Waals surface area contributed by atoms with Crippen molar-refractivity contribution in [3.63, 3.8) is 0 Å². The Morgan fingerprint density at radius 3 is 2.28 bits per heavy atom. The van der Waals surface area contributed by atoms with E-state index in [1.165, 1.54) is 0 Å². The predicted octanol–water partition coefficient (Wildman–Crippen LogP) is 4.56. The second-order valence-electron chi connectivity index (χ2n) is 6.42. The molecule has 0 aliphatic carbocycles. The molecule has 0 amide bonds. The van der Waals surface area contributed by atoms with Gasteiger partial charge in [0.05, 0.1) is 12.9 Å². The number of benzene rings is 2. The van der Waals surface area contributed by atoms with Gasteiger partial charge in [-0.15, -0.1) is 0 Å². The lowest BCUT2D eigenvalue weighted by atomic mass is 9.98. The summed E-state index contributed by atoms with van der Waals surface area (Å²) in [6.45, 7) is 4.14. The van der Waals surface area contributed by atoms with Crippen molar-refractivity contribution in [2.75, 3.05) is 7.11 Å². The Kier molecular flexibility index (Phi) is 6.87. The van der Waals surface area contributed by atoms with Gasteiger partial charge >= 0.3 is 0 Å². The standard InChI is InChI=1S/C19H24ClNO3S/c1-14(2)12-19(15-8-10-17(24-3)11-9-15)21-25(22,23)13-16-6-4-5-7-18(16)20/h4-11,14,19,21H,12-13H2,1-3H3/t19-/m0/s1. The van der Waals surface area contributed by atoms with Crippen LogP contribution in [0.5, 0.6) is 5.75 Å². The molecule has 0 saturated heterocycles. The lowest BCUT2D eigenvalue weighted by molar-refractivity contribution is 0.414. The summed E-state index contributed by atoms with van der Waals surface area (Å²) in [7, 11) is -1.93. The van der Waals surface area contributed by atoms with Crippen LogP contribution in [0.2, 0.25) is 5.02 Å². The molecule has 2 rings (SSSR count). The zero-order valence-electron chi connectivity index (χ0n) is 14.7. The zero-order valence-corrected chi connectivity index (χ0v) is 16.3. The minimum atomic E-state index is -3.53. The Bertz CT molecular complexity index is 789. The minimum Gasteiger partial charge on any atom is -0.497 e. The van der Waals surface area contributed by atoms with E-state index in [-0.39, 0.29) is 11.8 Å². The summed E-state index contributed by atoms with van der Waals surface area (Å²) in [5, 5.41) is 0.456. The largest absolute Gasteiger partial charge is 0.497 e. The van der Waals surface area contributed by atoms with Crippen molar-refractivity contribution >= 4 is 21.6 Å². The van der Waals surface area contributed by atoms with E-state index >= 15 is 0 Å². The lowest BCUT2D eigenvalue weighted by Gasteiger charge is -2.21. The Morgan fingerprint density at radius 2 is 1.72 bits per heavy atom. The van der Waals surface area contributed by atoms with Crippen molar-refractivity contribution < 1.29 is 13.2 Å². The topological polar surface area (TPSA) is 55.4 Å². The summed E-state index contributed by atoms with van der Waals surface area (Å²) in [5.41, 5.74) is 1.51. The molecule has 0 saturated carbocycles. The highest BCUT2D eigenvalue weighted by molar-refractivity contribution is 7.88. The van der Waals surface area contributed by atoms with Gasteiger partial charge in [-0.2, -0.15) is 0 Å². The maximum Gasteiger partial charge on any atom is 0.216 e. The van der Waals surface area contributed by atoms with E-state index in [9.17, 15) is 8.42 Å². The summed E-state index contributed by atoms with van der Waals surface area (Å²) >= 11 is 6.10. The van der Waals surface area contributed by atoms with Gasteiger partial charge in [0.25, 0.3) is 0 Å². The quantitative estimate of drug-likeness (QED) is 0.729. The minimum absolute atomic E-state index is 0.141. The number of hydrogen-bond acceptors (Lipinski definition) is 3. The maximum absolute atomic E-state index is 12.6. The number of hydrogen-bond donors (Lipinski definition) is 1. The molecule has 0 radical (unpaired) electrons. The molecule has 0 aliphatic heterocycles. The van der Waals surface area contributed by atoms with Crippen LogP contribution in [-0.4, -0.2) is 15.5 Å². The van der Waals surface area contributed by atoms with E-state index in [0.29, 0.717) is 22.9 Å². The zero-order chi connectivity index (χ0) is 18.4. The van der Waals surface area contributed by atoms with Crippen LogP contribution in [0.4, 0.5) is 0 Å². The van der Waals surface area contributed by atoms with E-state index < -0.39 is 10.0 Å². The van der Waals surface area contributed by atoms with E-state index in [2.05, 4.69) is 18.6 Å². The molecule has 0 aliphatic rings.